The van der Waals surface area contributed by atoms with E-state index in [0.29, 0.717) is 6.42 Å². The van der Waals surface area contributed by atoms with Crippen molar-refractivity contribution in [3.05, 3.63) is 0 Å². The van der Waals surface area contributed by atoms with Gasteiger partial charge in [0.2, 0.25) is 0 Å². The zero-order chi connectivity index (χ0) is 9.15. The van der Waals surface area contributed by atoms with E-state index in [0.717, 1.165) is 0 Å². The predicted molar refractivity (Wildman–Crippen MR) is 43.7 cm³/mol. The molecular formula is C9H16O3. The molecule has 2 N–H and O–H groups in total. The molecular weight excluding hydrogens is 156 g/mol. The Kier molecular flexibility index (Phi) is 1.43. The number of rotatable bonds is 0. The minimum absolute atomic E-state index is 0.138. The summed E-state index contributed by atoms with van der Waals surface area (Å²) in [5.74, 6) is 0. The summed E-state index contributed by atoms with van der Waals surface area (Å²) >= 11 is 0. The van der Waals surface area contributed by atoms with Crippen LogP contribution in [0.4, 0.5) is 0 Å². The molecule has 3 nitrogen and oxygen atoms in total. The molecule has 1 aliphatic heterocycles. The fourth-order valence-corrected chi connectivity index (χ4v) is 2.45. The zero-order valence-electron chi connectivity index (χ0n) is 7.74. The molecule has 0 spiro atoms. The molecule has 0 aromatic rings. The molecule has 0 unspecified atom stereocenters. The quantitative estimate of drug-likeness (QED) is 0.516. The monoisotopic (exact) mass is 172 g/mol. The van der Waals surface area contributed by atoms with Gasteiger partial charge in [0.25, 0.3) is 0 Å². The molecule has 2 aliphatic rings. The van der Waals surface area contributed by atoms with Crippen LogP contribution in [0.5, 0.6) is 0 Å². The SMILES string of the molecule is CC1(C)C[C@@H](O)[C@H]2O[C@@]2(C)[C@@H]1O. The molecule has 1 heterocycles. The van der Waals surface area contributed by atoms with Gasteiger partial charge in [-0.2, -0.15) is 0 Å². The first kappa shape index (κ1) is 8.48. The molecule has 0 radical (unpaired) electrons. The maximum absolute atomic E-state index is 9.89. The third kappa shape index (κ3) is 0.873. The maximum Gasteiger partial charge on any atom is 0.121 e. The highest BCUT2D eigenvalue weighted by molar-refractivity contribution is 5.15. The van der Waals surface area contributed by atoms with Crippen LogP contribution in [0.1, 0.15) is 27.2 Å². The summed E-state index contributed by atoms with van der Waals surface area (Å²) in [5.41, 5.74) is -0.720. The van der Waals surface area contributed by atoms with Crippen molar-refractivity contribution in [2.45, 2.75) is 51.1 Å². The third-order valence-corrected chi connectivity index (χ3v) is 3.26. The molecule has 1 saturated carbocycles. The van der Waals surface area contributed by atoms with Crippen LogP contribution >= 0.6 is 0 Å². The first-order valence-electron chi connectivity index (χ1n) is 4.42. The summed E-state index contributed by atoms with van der Waals surface area (Å²) in [6, 6.07) is 0. The highest BCUT2D eigenvalue weighted by Crippen LogP contribution is 2.53. The first-order chi connectivity index (χ1) is 5.38. The van der Waals surface area contributed by atoms with Crippen LogP contribution in [0.25, 0.3) is 0 Å². The third-order valence-electron chi connectivity index (χ3n) is 3.26. The van der Waals surface area contributed by atoms with E-state index in [-0.39, 0.29) is 11.5 Å². The van der Waals surface area contributed by atoms with Gasteiger partial charge in [-0.05, 0) is 18.8 Å². The Balaban J connectivity index is 2.25. The average molecular weight is 172 g/mol. The van der Waals surface area contributed by atoms with E-state index >= 15 is 0 Å². The van der Waals surface area contributed by atoms with Crippen molar-refractivity contribution in [2.75, 3.05) is 0 Å². The fourth-order valence-electron chi connectivity index (χ4n) is 2.45. The van der Waals surface area contributed by atoms with E-state index in [1.807, 2.05) is 20.8 Å². The largest absolute Gasteiger partial charge is 0.390 e. The van der Waals surface area contributed by atoms with Crippen LogP contribution in [-0.2, 0) is 4.74 Å². The Morgan fingerprint density at radius 3 is 2.42 bits per heavy atom. The molecule has 0 amide bonds. The van der Waals surface area contributed by atoms with Gasteiger partial charge in [0.15, 0.2) is 0 Å². The molecule has 4 atom stereocenters. The highest BCUT2D eigenvalue weighted by atomic mass is 16.6. The molecule has 2 fully saturated rings. The van der Waals surface area contributed by atoms with Crippen molar-refractivity contribution >= 4 is 0 Å². The number of hydrogen-bond donors (Lipinski definition) is 2. The van der Waals surface area contributed by atoms with Gasteiger partial charge in [0.1, 0.15) is 11.7 Å². The Morgan fingerprint density at radius 1 is 1.25 bits per heavy atom. The minimum atomic E-state index is -0.485. The van der Waals surface area contributed by atoms with E-state index in [2.05, 4.69) is 0 Å². The van der Waals surface area contributed by atoms with Crippen molar-refractivity contribution in [2.24, 2.45) is 5.41 Å². The number of ether oxygens (including phenoxy) is 1. The van der Waals surface area contributed by atoms with Crippen molar-refractivity contribution in [1.82, 2.24) is 0 Å². The lowest BCUT2D eigenvalue weighted by Gasteiger charge is -2.38. The normalized spacial score (nSPS) is 56.2. The molecule has 1 aliphatic carbocycles. The van der Waals surface area contributed by atoms with Crippen LogP contribution in [-0.4, -0.2) is 34.1 Å². The Labute approximate surface area is 72.3 Å². The van der Waals surface area contributed by atoms with Crippen molar-refractivity contribution in [3.8, 4) is 0 Å². The lowest BCUT2D eigenvalue weighted by Crippen LogP contribution is -2.50. The number of aliphatic hydroxyl groups is 2. The summed E-state index contributed by atoms with van der Waals surface area (Å²) in [5, 5.41) is 19.5. The molecule has 0 aromatic heterocycles. The predicted octanol–water partition coefficient (Wildman–Crippen LogP) is 0.296. The van der Waals surface area contributed by atoms with Crippen molar-refractivity contribution < 1.29 is 14.9 Å². The molecule has 12 heavy (non-hydrogen) atoms. The van der Waals surface area contributed by atoms with Gasteiger partial charge in [-0.25, -0.2) is 0 Å². The van der Waals surface area contributed by atoms with Crippen LogP contribution in [0.15, 0.2) is 0 Å². The standard InChI is InChI=1S/C9H16O3/c1-8(2)4-5(10)6-9(3,12-6)7(8)11/h5-7,10-11H,4H2,1-3H3/t5-,6-,7-,9-/m1/s1. The molecule has 2 rings (SSSR count). The second kappa shape index (κ2) is 2.03. The fraction of sp³-hybridized carbons (Fsp3) is 1.00. The summed E-state index contributed by atoms with van der Waals surface area (Å²) in [6.45, 7) is 5.79. The summed E-state index contributed by atoms with van der Waals surface area (Å²) in [6.07, 6.45) is -0.388. The lowest BCUT2D eigenvalue weighted by atomic mass is 9.69. The Bertz CT molecular complexity index is 209. The van der Waals surface area contributed by atoms with Crippen molar-refractivity contribution in [3.63, 3.8) is 0 Å². The van der Waals surface area contributed by atoms with Gasteiger partial charge in [-0.1, -0.05) is 13.8 Å². The van der Waals surface area contributed by atoms with E-state index in [4.69, 9.17) is 4.74 Å². The van der Waals surface area contributed by atoms with Gasteiger partial charge >= 0.3 is 0 Å². The van der Waals surface area contributed by atoms with E-state index in [1.54, 1.807) is 0 Å². The number of epoxide rings is 1. The molecule has 3 heteroatoms. The summed E-state index contributed by atoms with van der Waals surface area (Å²) in [7, 11) is 0. The lowest BCUT2D eigenvalue weighted by molar-refractivity contribution is -0.0468. The Morgan fingerprint density at radius 2 is 1.83 bits per heavy atom. The van der Waals surface area contributed by atoms with E-state index in [1.165, 1.54) is 0 Å². The first-order valence-corrected chi connectivity index (χ1v) is 4.42. The maximum atomic E-state index is 9.89. The van der Waals surface area contributed by atoms with E-state index < -0.39 is 17.8 Å². The Hall–Kier alpha value is -0.120. The van der Waals surface area contributed by atoms with E-state index in [9.17, 15) is 10.2 Å². The van der Waals surface area contributed by atoms with Gasteiger partial charge in [-0.15, -0.1) is 0 Å². The van der Waals surface area contributed by atoms with Crippen LogP contribution in [0.3, 0.4) is 0 Å². The average Bonchev–Trinajstić information content (AvgIpc) is 2.60. The smallest absolute Gasteiger partial charge is 0.121 e. The summed E-state index contributed by atoms with van der Waals surface area (Å²) in [4.78, 5) is 0. The molecule has 70 valence electrons. The molecule has 1 saturated heterocycles. The summed E-state index contributed by atoms with van der Waals surface area (Å²) < 4.78 is 5.33. The van der Waals surface area contributed by atoms with Crippen LogP contribution in [0, 0.1) is 5.41 Å². The van der Waals surface area contributed by atoms with Crippen LogP contribution in [0.2, 0.25) is 0 Å². The van der Waals surface area contributed by atoms with Gasteiger partial charge in [0.05, 0.1) is 12.2 Å². The van der Waals surface area contributed by atoms with Gasteiger partial charge < -0.3 is 14.9 Å². The van der Waals surface area contributed by atoms with Crippen molar-refractivity contribution in [1.29, 1.82) is 0 Å². The van der Waals surface area contributed by atoms with Gasteiger partial charge in [-0.3, -0.25) is 0 Å². The number of hydrogen-bond acceptors (Lipinski definition) is 3. The minimum Gasteiger partial charge on any atom is -0.390 e. The highest BCUT2D eigenvalue weighted by Gasteiger charge is 2.67. The topological polar surface area (TPSA) is 53.0 Å². The number of fused-ring (bicyclic) bond motifs is 1. The van der Waals surface area contributed by atoms with Gasteiger partial charge in [0, 0.05) is 0 Å². The second-order valence-corrected chi connectivity index (χ2v) is 4.88. The zero-order valence-corrected chi connectivity index (χ0v) is 7.74. The second-order valence-electron chi connectivity index (χ2n) is 4.88. The molecule has 0 aromatic carbocycles. The number of aliphatic hydroxyl groups excluding tert-OH is 2. The van der Waals surface area contributed by atoms with Crippen LogP contribution < -0.4 is 0 Å². The molecule has 0 bridgehead atoms.